The van der Waals surface area contributed by atoms with E-state index in [-0.39, 0.29) is 0 Å². The molecule has 1 aliphatic rings. The molecule has 0 heterocycles. The molecular weight excluding hydrogens is 172 g/mol. The van der Waals surface area contributed by atoms with Gasteiger partial charge in [0.1, 0.15) is 0 Å². The van der Waals surface area contributed by atoms with Gasteiger partial charge in [0, 0.05) is 24.0 Å². The number of nitrogens with two attached hydrogens (primary N) is 1. The minimum atomic E-state index is 0.790. The maximum Gasteiger partial charge on any atom is 0.0370 e. The van der Waals surface area contributed by atoms with E-state index >= 15 is 0 Å². The van der Waals surface area contributed by atoms with Crippen LogP contribution < -0.4 is 10.6 Å². The van der Waals surface area contributed by atoms with Crippen LogP contribution in [-0.4, -0.2) is 12.6 Å². The Labute approximate surface area is 85.7 Å². The number of benzene rings is 1. The molecular formula is C12H18N2. The van der Waals surface area contributed by atoms with Crippen LogP contribution in [0.1, 0.15) is 26.2 Å². The second-order valence-corrected chi connectivity index (χ2v) is 4.02. The number of anilines is 2. The number of nitrogens with zero attached hydrogens (tertiary/aromatic N) is 1. The third-order valence-electron chi connectivity index (χ3n) is 2.68. The lowest BCUT2D eigenvalue weighted by Crippen LogP contribution is -2.26. The standard InChI is InChI=1S/C12H18N2/c1-2-9-14(12-7-8-12)11-5-3-10(13)4-6-11/h3-6,12H,2,7-9,13H2,1H3. The van der Waals surface area contributed by atoms with Gasteiger partial charge in [-0.3, -0.25) is 0 Å². The molecule has 0 spiro atoms. The maximum absolute atomic E-state index is 5.67. The minimum absolute atomic E-state index is 0.790. The molecule has 14 heavy (non-hydrogen) atoms. The molecule has 2 nitrogen and oxygen atoms in total. The Bertz CT molecular complexity index is 288. The average molecular weight is 190 g/mol. The molecule has 2 N–H and O–H groups in total. The van der Waals surface area contributed by atoms with E-state index in [1.54, 1.807) is 0 Å². The largest absolute Gasteiger partial charge is 0.399 e. The van der Waals surface area contributed by atoms with Crippen LogP contribution in [0.3, 0.4) is 0 Å². The highest BCUT2D eigenvalue weighted by Crippen LogP contribution is 2.31. The first-order valence-electron chi connectivity index (χ1n) is 5.43. The van der Waals surface area contributed by atoms with Gasteiger partial charge in [-0.15, -0.1) is 0 Å². The fourth-order valence-electron chi connectivity index (χ4n) is 1.82. The number of hydrogen-bond donors (Lipinski definition) is 1. The van der Waals surface area contributed by atoms with Crippen LogP contribution in [0.2, 0.25) is 0 Å². The van der Waals surface area contributed by atoms with Crippen molar-refractivity contribution in [1.82, 2.24) is 0 Å². The smallest absolute Gasteiger partial charge is 0.0370 e. The molecule has 0 radical (unpaired) electrons. The van der Waals surface area contributed by atoms with E-state index in [9.17, 15) is 0 Å². The second kappa shape index (κ2) is 3.91. The van der Waals surface area contributed by atoms with Crippen LogP contribution in [0.15, 0.2) is 24.3 Å². The number of nitrogen functional groups attached to an aromatic ring is 1. The zero-order valence-electron chi connectivity index (χ0n) is 8.74. The summed E-state index contributed by atoms with van der Waals surface area (Å²) in [6.07, 6.45) is 3.91. The van der Waals surface area contributed by atoms with Gasteiger partial charge < -0.3 is 10.6 Å². The van der Waals surface area contributed by atoms with E-state index in [1.165, 1.54) is 24.9 Å². The Kier molecular flexibility index (Phi) is 2.62. The molecule has 0 atom stereocenters. The van der Waals surface area contributed by atoms with Gasteiger partial charge in [0.2, 0.25) is 0 Å². The summed E-state index contributed by atoms with van der Waals surface area (Å²) in [5.41, 5.74) is 7.84. The van der Waals surface area contributed by atoms with Crippen molar-refractivity contribution in [2.24, 2.45) is 0 Å². The summed E-state index contributed by atoms with van der Waals surface area (Å²) in [5.74, 6) is 0. The van der Waals surface area contributed by atoms with Crippen molar-refractivity contribution >= 4 is 11.4 Å². The molecule has 0 amide bonds. The summed E-state index contributed by atoms with van der Waals surface area (Å²) >= 11 is 0. The summed E-state index contributed by atoms with van der Waals surface area (Å²) in [4.78, 5) is 2.50. The Morgan fingerprint density at radius 1 is 1.29 bits per heavy atom. The Hall–Kier alpha value is -1.18. The van der Waals surface area contributed by atoms with Gasteiger partial charge in [-0.25, -0.2) is 0 Å². The molecule has 1 fully saturated rings. The van der Waals surface area contributed by atoms with Gasteiger partial charge in [-0.05, 0) is 43.5 Å². The molecule has 1 aromatic carbocycles. The number of rotatable bonds is 4. The highest BCUT2D eigenvalue weighted by molar-refractivity contribution is 5.54. The summed E-state index contributed by atoms with van der Waals surface area (Å²) in [7, 11) is 0. The minimum Gasteiger partial charge on any atom is -0.399 e. The van der Waals surface area contributed by atoms with Crippen LogP contribution in [-0.2, 0) is 0 Å². The fourth-order valence-corrected chi connectivity index (χ4v) is 1.82. The first-order chi connectivity index (χ1) is 6.81. The zero-order valence-corrected chi connectivity index (χ0v) is 8.74. The third kappa shape index (κ3) is 2.00. The molecule has 76 valence electrons. The molecule has 1 aromatic rings. The van der Waals surface area contributed by atoms with Crippen molar-refractivity contribution in [3.63, 3.8) is 0 Å². The summed E-state index contributed by atoms with van der Waals surface area (Å²) < 4.78 is 0. The molecule has 0 unspecified atom stereocenters. The van der Waals surface area contributed by atoms with Crippen molar-refractivity contribution in [2.45, 2.75) is 32.2 Å². The van der Waals surface area contributed by atoms with Crippen molar-refractivity contribution in [2.75, 3.05) is 17.2 Å². The van der Waals surface area contributed by atoms with Gasteiger partial charge in [0.25, 0.3) is 0 Å². The molecule has 0 saturated heterocycles. The van der Waals surface area contributed by atoms with Gasteiger partial charge in [-0.1, -0.05) is 6.92 Å². The molecule has 0 aromatic heterocycles. The van der Waals surface area contributed by atoms with E-state index in [2.05, 4.69) is 24.0 Å². The zero-order chi connectivity index (χ0) is 9.97. The quantitative estimate of drug-likeness (QED) is 0.739. The van der Waals surface area contributed by atoms with Gasteiger partial charge in [0.05, 0.1) is 0 Å². The molecule has 2 rings (SSSR count). The monoisotopic (exact) mass is 190 g/mol. The Balaban J connectivity index is 2.13. The van der Waals surface area contributed by atoms with E-state index in [0.717, 1.165) is 18.3 Å². The molecule has 2 heteroatoms. The predicted molar refractivity (Wildman–Crippen MR) is 61.5 cm³/mol. The van der Waals surface area contributed by atoms with Gasteiger partial charge in [0.15, 0.2) is 0 Å². The molecule has 1 aliphatic carbocycles. The maximum atomic E-state index is 5.67. The lowest BCUT2D eigenvalue weighted by molar-refractivity contribution is 0.763. The fraction of sp³-hybridized carbons (Fsp3) is 0.500. The van der Waals surface area contributed by atoms with Crippen molar-refractivity contribution in [1.29, 1.82) is 0 Å². The van der Waals surface area contributed by atoms with Crippen LogP contribution >= 0.6 is 0 Å². The Morgan fingerprint density at radius 2 is 1.93 bits per heavy atom. The highest BCUT2D eigenvalue weighted by atomic mass is 15.2. The van der Waals surface area contributed by atoms with Crippen LogP contribution in [0.25, 0.3) is 0 Å². The number of hydrogen-bond acceptors (Lipinski definition) is 2. The van der Waals surface area contributed by atoms with Crippen molar-refractivity contribution in [3.8, 4) is 0 Å². The predicted octanol–water partition coefficient (Wildman–Crippen LogP) is 2.65. The lowest BCUT2D eigenvalue weighted by atomic mass is 10.2. The van der Waals surface area contributed by atoms with E-state index in [4.69, 9.17) is 5.73 Å². The van der Waals surface area contributed by atoms with Gasteiger partial charge >= 0.3 is 0 Å². The van der Waals surface area contributed by atoms with Crippen LogP contribution in [0, 0.1) is 0 Å². The summed E-state index contributed by atoms with van der Waals surface area (Å²) in [6.45, 7) is 3.39. The van der Waals surface area contributed by atoms with E-state index in [1.807, 2.05) is 12.1 Å². The third-order valence-corrected chi connectivity index (χ3v) is 2.68. The molecule has 0 bridgehead atoms. The SMILES string of the molecule is CCCN(c1ccc(N)cc1)C1CC1. The van der Waals surface area contributed by atoms with E-state index in [0.29, 0.717) is 0 Å². The summed E-state index contributed by atoms with van der Waals surface area (Å²) in [5, 5.41) is 0. The molecule has 0 aliphatic heterocycles. The molecule has 1 saturated carbocycles. The summed E-state index contributed by atoms with van der Waals surface area (Å²) in [6, 6.07) is 9.02. The Morgan fingerprint density at radius 3 is 2.43 bits per heavy atom. The topological polar surface area (TPSA) is 29.3 Å². The lowest BCUT2D eigenvalue weighted by Gasteiger charge is -2.24. The first kappa shape index (κ1) is 9.38. The highest BCUT2D eigenvalue weighted by Gasteiger charge is 2.28. The van der Waals surface area contributed by atoms with E-state index < -0.39 is 0 Å². The van der Waals surface area contributed by atoms with Crippen molar-refractivity contribution in [3.05, 3.63) is 24.3 Å². The first-order valence-corrected chi connectivity index (χ1v) is 5.43. The van der Waals surface area contributed by atoms with Crippen LogP contribution in [0.5, 0.6) is 0 Å². The van der Waals surface area contributed by atoms with Crippen molar-refractivity contribution < 1.29 is 0 Å². The van der Waals surface area contributed by atoms with Gasteiger partial charge in [-0.2, -0.15) is 0 Å². The normalized spacial score (nSPS) is 15.5. The second-order valence-electron chi connectivity index (χ2n) is 4.02. The van der Waals surface area contributed by atoms with Crippen LogP contribution in [0.4, 0.5) is 11.4 Å². The average Bonchev–Trinajstić information content (AvgIpc) is 2.99.